The molecule has 0 bridgehead atoms. The van der Waals surface area contributed by atoms with Crippen LogP contribution in [0.1, 0.15) is 70.6 Å². The Morgan fingerprint density at radius 3 is 2.19 bits per heavy atom. The van der Waals surface area contributed by atoms with Crippen molar-refractivity contribution in [2.45, 2.75) is 88.3 Å². The maximum absolute atomic E-state index is 13.1. The number of piperazine rings is 1. The lowest BCUT2D eigenvalue weighted by Crippen LogP contribution is -2.72. The molecular weight excluding hydrogens is 264 g/mol. The SMILES string of the molecule is O=C1C(C2CC2)NC(=O)C2(CCCC2)N1C1CCCCC1. The lowest BCUT2D eigenvalue weighted by Gasteiger charge is -2.51. The highest BCUT2D eigenvalue weighted by atomic mass is 16.2. The van der Waals surface area contributed by atoms with Crippen LogP contribution in [0.5, 0.6) is 0 Å². The topological polar surface area (TPSA) is 49.4 Å². The fraction of sp³-hybridized carbons (Fsp3) is 0.882. The molecule has 0 aromatic heterocycles. The van der Waals surface area contributed by atoms with Crippen LogP contribution in [-0.2, 0) is 9.59 Å². The van der Waals surface area contributed by atoms with Crippen LogP contribution in [-0.4, -0.2) is 34.3 Å². The van der Waals surface area contributed by atoms with E-state index in [9.17, 15) is 9.59 Å². The van der Waals surface area contributed by atoms with Gasteiger partial charge in [-0.2, -0.15) is 0 Å². The lowest BCUT2D eigenvalue weighted by atomic mass is 9.83. The maximum Gasteiger partial charge on any atom is 0.246 e. The summed E-state index contributed by atoms with van der Waals surface area (Å²) < 4.78 is 0. The number of nitrogens with zero attached hydrogens (tertiary/aromatic N) is 1. The van der Waals surface area contributed by atoms with E-state index < -0.39 is 5.54 Å². The minimum atomic E-state index is -0.496. The van der Waals surface area contributed by atoms with Gasteiger partial charge >= 0.3 is 0 Å². The molecule has 1 saturated heterocycles. The molecule has 0 radical (unpaired) electrons. The third-order valence-electron chi connectivity index (χ3n) is 6.14. The van der Waals surface area contributed by atoms with Gasteiger partial charge in [-0.05, 0) is 44.4 Å². The average Bonchev–Trinajstić information content (AvgIpc) is 3.23. The Kier molecular flexibility index (Phi) is 3.23. The molecule has 1 spiro atoms. The van der Waals surface area contributed by atoms with Crippen LogP contribution in [0.2, 0.25) is 0 Å². The molecular formula is C17H26N2O2. The van der Waals surface area contributed by atoms with E-state index in [0.29, 0.717) is 12.0 Å². The molecule has 0 aromatic carbocycles. The van der Waals surface area contributed by atoms with Gasteiger partial charge in [-0.1, -0.05) is 32.1 Å². The summed E-state index contributed by atoms with van der Waals surface area (Å²) in [4.78, 5) is 28.1. The Hall–Kier alpha value is -1.06. The molecule has 21 heavy (non-hydrogen) atoms. The number of carbonyl (C=O) groups excluding carboxylic acids is 2. The number of carbonyl (C=O) groups is 2. The van der Waals surface area contributed by atoms with E-state index in [2.05, 4.69) is 10.2 Å². The zero-order chi connectivity index (χ0) is 14.4. The summed E-state index contributed by atoms with van der Waals surface area (Å²) in [6.07, 6.45) is 12.0. The van der Waals surface area contributed by atoms with E-state index in [1.807, 2.05) is 0 Å². The Morgan fingerprint density at radius 1 is 0.905 bits per heavy atom. The van der Waals surface area contributed by atoms with E-state index in [1.165, 1.54) is 19.3 Å². The number of amides is 2. The Morgan fingerprint density at radius 2 is 1.57 bits per heavy atom. The smallest absolute Gasteiger partial charge is 0.246 e. The Balaban J connectivity index is 1.67. The monoisotopic (exact) mass is 290 g/mol. The molecule has 4 heteroatoms. The van der Waals surface area contributed by atoms with E-state index in [0.717, 1.165) is 51.4 Å². The average molecular weight is 290 g/mol. The summed E-state index contributed by atoms with van der Waals surface area (Å²) in [7, 11) is 0. The standard InChI is InChI=1S/C17H26N2O2/c20-15-14(12-8-9-12)18-16(21)17(10-4-5-11-17)19(15)13-6-2-1-3-7-13/h12-14H,1-11H2,(H,18,21). The van der Waals surface area contributed by atoms with Crippen LogP contribution in [0.3, 0.4) is 0 Å². The predicted octanol–water partition coefficient (Wildman–Crippen LogP) is 2.37. The van der Waals surface area contributed by atoms with Crippen molar-refractivity contribution in [1.82, 2.24) is 10.2 Å². The first-order chi connectivity index (χ1) is 10.2. The van der Waals surface area contributed by atoms with Crippen molar-refractivity contribution in [3.63, 3.8) is 0 Å². The normalized spacial score (nSPS) is 33.5. The van der Waals surface area contributed by atoms with Gasteiger partial charge in [0.1, 0.15) is 11.6 Å². The minimum absolute atomic E-state index is 0.155. The van der Waals surface area contributed by atoms with E-state index >= 15 is 0 Å². The molecule has 1 heterocycles. The van der Waals surface area contributed by atoms with Crippen molar-refractivity contribution in [2.24, 2.45) is 5.92 Å². The second-order valence-electron chi connectivity index (χ2n) is 7.53. The van der Waals surface area contributed by atoms with Gasteiger partial charge in [0.15, 0.2) is 0 Å². The molecule has 116 valence electrons. The van der Waals surface area contributed by atoms with Crippen molar-refractivity contribution in [2.75, 3.05) is 0 Å². The van der Waals surface area contributed by atoms with Gasteiger partial charge in [-0.3, -0.25) is 9.59 Å². The van der Waals surface area contributed by atoms with Gasteiger partial charge in [-0.15, -0.1) is 0 Å². The molecule has 2 amide bonds. The van der Waals surface area contributed by atoms with Crippen molar-refractivity contribution >= 4 is 11.8 Å². The second kappa shape index (κ2) is 4.99. The van der Waals surface area contributed by atoms with Crippen LogP contribution in [0.4, 0.5) is 0 Å². The molecule has 3 aliphatic carbocycles. The summed E-state index contributed by atoms with van der Waals surface area (Å²) in [5, 5.41) is 3.10. The van der Waals surface area contributed by atoms with Gasteiger partial charge in [0, 0.05) is 6.04 Å². The van der Waals surface area contributed by atoms with Crippen molar-refractivity contribution in [3.8, 4) is 0 Å². The van der Waals surface area contributed by atoms with Crippen LogP contribution < -0.4 is 5.32 Å². The van der Waals surface area contributed by atoms with Crippen LogP contribution in [0, 0.1) is 5.92 Å². The van der Waals surface area contributed by atoms with E-state index in [1.54, 1.807) is 0 Å². The quantitative estimate of drug-likeness (QED) is 0.849. The number of nitrogens with one attached hydrogen (secondary N) is 1. The molecule has 1 atom stereocenters. The molecule has 1 N–H and O–H groups in total. The molecule has 1 unspecified atom stereocenters. The van der Waals surface area contributed by atoms with E-state index in [4.69, 9.17) is 0 Å². The molecule has 4 aliphatic rings. The summed E-state index contributed by atoms with van der Waals surface area (Å²) in [5.41, 5.74) is -0.496. The lowest BCUT2D eigenvalue weighted by molar-refractivity contribution is -0.162. The van der Waals surface area contributed by atoms with Gasteiger partial charge in [0.2, 0.25) is 11.8 Å². The van der Waals surface area contributed by atoms with Crippen molar-refractivity contribution in [3.05, 3.63) is 0 Å². The molecule has 4 fully saturated rings. The summed E-state index contributed by atoms with van der Waals surface area (Å²) in [5.74, 6) is 0.805. The third kappa shape index (κ3) is 2.09. The largest absolute Gasteiger partial charge is 0.342 e. The number of hydrogen-bond acceptors (Lipinski definition) is 2. The first-order valence-corrected chi connectivity index (χ1v) is 8.86. The summed E-state index contributed by atoms with van der Waals surface area (Å²) in [6.45, 7) is 0. The van der Waals surface area contributed by atoms with Crippen molar-refractivity contribution < 1.29 is 9.59 Å². The zero-order valence-corrected chi connectivity index (χ0v) is 12.8. The van der Waals surface area contributed by atoms with Gasteiger partial charge in [0.25, 0.3) is 0 Å². The Bertz CT molecular complexity index is 446. The fourth-order valence-electron chi connectivity index (χ4n) is 4.85. The fourth-order valence-corrected chi connectivity index (χ4v) is 4.85. The minimum Gasteiger partial charge on any atom is -0.342 e. The Labute approximate surface area is 126 Å². The van der Waals surface area contributed by atoms with Gasteiger partial charge in [-0.25, -0.2) is 0 Å². The van der Waals surface area contributed by atoms with Crippen molar-refractivity contribution in [1.29, 1.82) is 0 Å². The van der Waals surface area contributed by atoms with Crippen LogP contribution in [0.25, 0.3) is 0 Å². The van der Waals surface area contributed by atoms with Gasteiger partial charge < -0.3 is 10.2 Å². The number of hydrogen-bond donors (Lipinski definition) is 1. The second-order valence-corrected chi connectivity index (χ2v) is 7.53. The van der Waals surface area contributed by atoms with Crippen LogP contribution >= 0.6 is 0 Å². The number of rotatable bonds is 2. The maximum atomic E-state index is 13.1. The highest BCUT2D eigenvalue weighted by molar-refractivity contribution is 6.00. The first kappa shape index (κ1) is 13.6. The predicted molar refractivity (Wildman–Crippen MR) is 79.6 cm³/mol. The highest BCUT2D eigenvalue weighted by Crippen LogP contribution is 2.45. The molecule has 4 nitrogen and oxygen atoms in total. The third-order valence-corrected chi connectivity index (χ3v) is 6.14. The van der Waals surface area contributed by atoms with Crippen LogP contribution in [0.15, 0.2) is 0 Å². The molecule has 3 saturated carbocycles. The first-order valence-electron chi connectivity index (χ1n) is 8.86. The molecule has 1 aliphatic heterocycles. The highest BCUT2D eigenvalue weighted by Gasteiger charge is 2.57. The van der Waals surface area contributed by atoms with E-state index in [-0.39, 0.29) is 17.9 Å². The zero-order valence-electron chi connectivity index (χ0n) is 12.8. The van der Waals surface area contributed by atoms with Gasteiger partial charge in [0.05, 0.1) is 0 Å². The summed E-state index contributed by atoms with van der Waals surface area (Å²) >= 11 is 0. The molecule has 0 aromatic rings. The summed E-state index contributed by atoms with van der Waals surface area (Å²) in [6, 6.07) is 0.0994. The molecule has 4 rings (SSSR count).